The van der Waals surface area contributed by atoms with Crippen molar-refractivity contribution in [3.63, 3.8) is 0 Å². The highest BCUT2D eigenvalue weighted by molar-refractivity contribution is 5.93. The number of carbonyl (C=O) groups excluding carboxylic acids is 2. The van der Waals surface area contributed by atoms with Crippen LogP contribution < -0.4 is 0 Å². The molecule has 1 amide bonds. The van der Waals surface area contributed by atoms with Crippen molar-refractivity contribution >= 4 is 11.7 Å². The van der Waals surface area contributed by atoms with Crippen molar-refractivity contribution in [1.82, 2.24) is 14.7 Å². The minimum Gasteiger partial charge on any atom is -0.339 e. The van der Waals surface area contributed by atoms with E-state index in [1.807, 2.05) is 30.9 Å². The van der Waals surface area contributed by atoms with Gasteiger partial charge < -0.3 is 14.7 Å². The van der Waals surface area contributed by atoms with Gasteiger partial charge in [-0.05, 0) is 45.4 Å². The number of rotatable bonds is 7. The molecule has 0 bridgehead atoms. The minimum atomic E-state index is -2.67. The van der Waals surface area contributed by atoms with Crippen molar-refractivity contribution in [2.45, 2.75) is 60.3 Å². The Labute approximate surface area is 217 Å². The summed E-state index contributed by atoms with van der Waals surface area (Å²) in [7, 11) is 1.75. The van der Waals surface area contributed by atoms with Crippen LogP contribution in [0.5, 0.6) is 0 Å². The quantitative estimate of drug-likeness (QED) is 0.426. The van der Waals surface area contributed by atoms with E-state index in [9.17, 15) is 18.4 Å². The molecule has 2 aliphatic heterocycles. The van der Waals surface area contributed by atoms with E-state index in [0.29, 0.717) is 38.3 Å². The molecule has 202 valence electrons. The number of hydrogen-bond donors (Lipinski definition) is 0. The molecule has 0 aromatic heterocycles. The average Bonchev–Trinajstić information content (AvgIpc) is 2.85. The second kappa shape index (κ2) is 15.3. The van der Waals surface area contributed by atoms with Crippen LogP contribution in [0.4, 0.5) is 8.78 Å². The molecule has 1 saturated heterocycles. The second-order valence-electron chi connectivity index (χ2n) is 9.06. The van der Waals surface area contributed by atoms with E-state index in [1.54, 1.807) is 29.8 Å². The Morgan fingerprint density at radius 2 is 1.72 bits per heavy atom. The van der Waals surface area contributed by atoms with Crippen LogP contribution in [-0.2, 0) is 9.59 Å². The third kappa shape index (κ3) is 10.9. The molecule has 2 aliphatic rings. The molecule has 36 heavy (non-hydrogen) atoms. The van der Waals surface area contributed by atoms with E-state index in [4.69, 9.17) is 0 Å². The number of carbonyl (C=O) groups is 2. The summed E-state index contributed by atoms with van der Waals surface area (Å²) >= 11 is 0. The van der Waals surface area contributed by atoms with Crippen LogP contribution in [0.3, 0.4) is 0 Å². The second-order valence-corrected chi connectivity index (χ2v) is 9.06. The smallest absolute Gasteiger partial charge is 0.246 e. The van der Waals surface area contributed by atoms with Gasteiger partial charge in [0.2, 0.25) is 11.8 Å². The fourth-order valence-electron chi connectivity index (χ4n) is 3.69. The van der Waals surface area contributed by atoms with Gasteiger partial charge >= 0.3 is 0 Å². The molecule has 1 aromatic carbocycles. The van der Waals surface area contributed by atoms with Crippen molar-refractivity contribution in [2.75, 3.05) is 39.8 Å². The van der Waals surface area contributed by atoms with Crippen LogP contribution >= 0.6 is 0 Å². The summed E-state index contributed by atoms with van der Waals surface area (Å²) in [5.74, 6) is -2.73. The lowest BCUT2D eigenvalue weighted by Gasteiger charge is -2.40. The normalized spacial score (nSPS) is 15.3. The van der Waals surface area contributed by atoms with Gasteiger partial charge in [0.05, 0.1) is 12.2 Å². The third-order valence-electron chi connectivity index (χ3n) is 5.96. The van der Waals surface area contributed by atoms with Crippen LogP contribution in [0.1, 0.15) is 53.1 Å². The molecule has 3 rings (SSSR count). The SMILES string of the molecule is CC.CC(=O)C1=CCC=C2CN(C(=O)/C=C/CN(C)CCC(C)(F)F)CCN21.Cc1ccccc1C.[HH]. The van der Waals surface area contributed by atoms with Crippen molar-refractivity contribution in [1.29, 1.82) is 0 Å². The van der Waals surface area contributed by atoms with Crippen LogP contribution in [0, 0.1) is 13.8 Å². The Bertz CT molecular complexity index is 934. The van der Waals surface area contributed by atoms with E-state index in [-0.39, 0.29) is 26.1 Å². The Balaban J connectivity index is 0.000000993. The summed E-state index contributed by atoms with van der Waals surface area (Å²) in [6.07, 6.45) is 7.66. The van der Waals surface area contributed by atoms with Gasteiger partial charge in [0.1, 0.15) is 0 Å². The van der Waals surface area contributed by atoms with Crippen molar-refractivity contribution < 1.29 is 19.8 Å². The van der Waals surface area contributed by atoms with Crippen LogP contribution in [0.25, 0.3) is 0 Å². The molecular formula is C29H45F2N3O2. The number of hydrogen-bond acceptors (Lipinski definition) is 4. The topological polar surface area (TPSA) is 43.9 Å². The van der Waals surface area contributed by atoms with Crippen molar-refractivity contribution in [3.05, 3.63) is 71.1 Å². The highest BCUT2D eigenvalue weighted by Gasteiger charge is 2.28. The number of ketones is 1. The number of amides is 1. The average molecular weight is 506 g/mol. The first-order chi connectivity index (χ1) is 17.0. The molecule has 1 aromatic rings. The third-order valence-corrected chi connectivity index (χ3v) is 5.96. The number of nitrogens with zero attached hydrogens (tertiary/aromatic N) is 3. The monoisotopic (exact) mass is 505 g/mol. The highest BCUT2D eigenvalue weighted by Crippen LogP contribution is 2.24. The molecule has 5 nitrogen and oxygen atoms in total. The number of Topliss-reactive ketones (excluding diaryl/α,β-unsaturated/α-hetero) is 1. The van der Waals surface area contributed by atoms with E-state index in [2.05, 4.69) is 38.1 Å². The number of piperazine rings is 1. The van der Waals surface area contributed by atoms with E-state index < -0.39 is 5.92 Å². The lowest BCUT2D eigenvalue weighted by Crippen LogP contribution is -2.47. The number of halogens is 2. The molecular weight excluding hydrogens is 460 g/mol. The van der Waals surface area contributed by atoms with E-state index in [0.717, 1.165) is 12.6 Å². The van der Waals surface area contributed by atoms with Crippen LogP contribution in [-0.4, -0.2) is 72.1 Å². The van der Waals surface area contributed by atoms with Gasteiger partial charge in [-0.15, -0.1) is 0 Å². The Morgan fingerprint density at radius 1 is 1.11 bits per heavy atom. The van der Waals surface area contributed by atoms with E-state index >= 15 is 0 Å². The summed E-state index contributed by atoms with van der Waals surface area (Å²) < 4.78 is 25.7. The first-order valence-electron chi connectivity index (χ1n) is 12.7. The summed E-state index contributed by atoms with van der Waals surface area (Å²) in [6, 6.07) is 8.36. The van der Waals surface area contributed by atoms with Gasteiger partial charge in [0, 0.05) is 52.7 Å². The maximum atomic E-state index is 12.8. The van der Waals surface area contributed by atoms with Crippen molar-refractivity contribution in [2.24, 2.45) is 0 Å². The standard InChI is InChI=1S/C19H27F2N3O2.C8H10.C2H6.H2/c1-15(25)17-7-4-6-16-14-23(12-13-24(16)17)18(26)8-5-10-22(3)11-9-19(2,20)21;1-7-5-3-4-6-8(7)2;1-2;/h5-8H,4,9-14H2,1-3H3;3-6H,1-2H3;1-2H3;1H/b8-5+;;;. The predicted molar refractivity (Wildman–Crippen MR) is 146 cm³/mol. The molecule has 1 fully saturated rings. The largest absolute Gasteiger partial charge is 0.339 e. The number of aryl methyl sites for hydroxylation is 2. The number of allylic oxidation sites excluding steroid dienone is 3. The summed E-state index contributed by atoms with van der Waals surface area (Å²) in [5, 5.41) is 0. The van der Waals surface area contributed by atoms with Crippen LogP contribution in [0.15, 0.2) is 60.0 Å². The van der Waals surface area contributed by atoms with Gasteiger partial charge in [-0.1, -0.05) is 56.3 Å². The predicted octanol–water partition coefficient (Wildman–Crippen LogP) is 6.00. The Kier molecular flexibility index (Phi) is 13.3. The molecule has 0 aliphatic carbocycles. The summed E-state index contributed by atoms with van der Waals surface area (Å²) in [5.41, 5.74) is 4.42. The maximum Gasteiger partial charge on any atom is 0.246 e. The zero-order valence-corrected chi connectivity index (χ0v) is 23.0. The zero-order chi connectivity index (χ0) is 27.3. The van der Waals surface area contributed by atoms with Gasteiger partial charge in [0.15, 0.2) is 5.78 Å². The molecule has 2 heterocycles. The van der Waals surface area contributed by atoms with Gasteiger partial charge in [-0.2, -0.15) is 0 Å². The Morgan fingerprint density at radius 3 is 2.25 bits per heavy atom. The lowest BCUT2D eigenvalue weighted by atomic mass is 10.1. The first-order valence-corrected chi connectivity index (χ1v) is 12.7. The molecule has 0 radical (unpaired) electrons. The molecule has 0 unspecified atom stereocenters. The number of likely N-dealkylation sites (N-methyl/N-ethyl adjacent to an activating group) is 1. The number of fused-ring (bicyclic) bond motifs is 1. The maximum absolute atomic E-state index is 12.8. The fraction of sp³-hybridized carbons (Fsp3) is 0.517. The van der Waals surface area contributed by atoms with E-state index in [1.165, 1.54) is 17.2 Å². The molecule has 0 N–H and O–H groups in total. The fourth-order valence-corrected chi connectivity index (χ4v) is 3.69. The van der Waals surface area contributed by atoms with Gasteiger partial charge in [0.25, 0.3) is 0 Å². The summed E-state index contributed by atoms with van der Waals surface area (Å²) in [6.45, 7) is 13.0. The molecule has 0 atom stereocenters. The molecule has 0 spiro atoms. The minimum absolute atomic E-state index is 0. The molecule has 0 saturated carbocycles. The zero-order valence-electron chi connectivity index (χ0n) is 23.0. The molecule has 7 heteroatoms. The Hall–Kier alpha value is -2.80. The lowest BCUT2D eigenvalue weighted by molar-refractivity contribution is -0.126. The van der Waals surface area contributed by atoms with Crippen LogP contribution in [0.2, 0.25) is 0 Å². The number of benzene rings is 1. The highest BCUT2D eigenvalue weighted by atomic mass is 19.3. The van der Waals surface area contributed by atoms with Crippen molar-refractivity contribution in [3.8, 4) is 0 Å². The van der Waals surface area contributed by atoms with Gasteiger partial charge in [-0.25, -0.2) is 8.78 Å². The van der Waals surface area contributed by atoms with Gasteiger partial charge in [-0.3, -0.25) is 9.59 Å². The summed E-state index contributed by atoms with van der Waals surface area (Å²) in [4.78, 5) is 29.5. The number of alkyl halides is 2. The first kappa shape index (κ1) is 31.2.